The van der Waals surface area contributed by atoms with Gasteiger partial charge >= 0.3 is 5.69 Å². The van der Waals surface area contributed by atoms with Gasteiger partial charge in [0.1, 0.15) is 6.20 Å². The molecule has 0 unspecified atom stereocenters. The lowest BCUT2D eigenvalue weighted by atomic mass is 10.6. The Balaban J connectivity index is 0.000000146. The van der Waals surface area contributed by atoms with Crippen molar-refractivity contribution in [1.82, 2.24) is 20.4 Å². The van der Waals surface area contributed by atoms with Crippen LogP contribution in [0.15, 0.2) is 24.8 Å². The van der Waals surface area contributed by atoms with Gasteiger partial charge in [0.2, 0.25) is 0 Å². The number of rotatable bonds is 1. The van der Waals surface area contributed by atoms with Crippen molar-refractivity contribution >= 4 is 11.4 Å². The molecule has 0 aliphatic heterocycles. The highest BCUT2D eigenvalue weighted by Crippen LogP contribution is 2.02. The van der Waals surface area contributed by atoms with E-state index in [0.717, 1.165) is 6.20 Å². The van der Waals surface area contributed by atoms with Gasteiger partial charge in [0.25, 0.3) is 0 Å². The van der Waals surface area contributed by atoms with E-state index in [2.05, 4.69) is 20.4 Å². The second kappa shape index (κ2) is 4.60. The standard InChI is InChI=1S/C3H3N3O2.C3H5N3/c7-6(8)3-1-4-5-2-3;4-3-1-5-6-2-3/h1-2H,(H,4,5);1-2H,4H2,(H,5,6). The Kier molecular flexibility index (Phi) is 3.19. The molecule has 0 radical (unpaired) electrons. The number of H-pyrrole nitrogens is 2. The van der Waals surface area contributed by atoms with Crippen LogP contribution in [0.2, 0.25) is 0 Å². The molecule has 0 saturated heterocycles. The van der Waals surface area contributed by atoms with Gasteiger partial charge in [-0.05, 0) is 0 Å². The van der Waals surface area contributed by atoms with Gasteiger partial charge in [-0.1, -0.05) is 0 Å². The molecule has 2 aromatic heterocycles. The Bertz CT molecular complexity index is 367. The van der Waals surface area contributed by atoms with Crippen LogP contribution in [-0.4, -0.2) is 25.3 Å². The van der Waals surface area contributed by atoms with Gasteiger partial charge in [0.05, 0.1) is 23.0 Å². The van der Waals surface area contributed by atoms with Crippen molar-refractivity contribution in [2.75, 3.05) is 5.73 Å². The van der Waals surface area contributed by atoms with Crippen molar-refractivity contribution < 1.29 is 4.92 Å². The summed E-state index contributed by atoms with van der Waals surface area (Å²) in [7, 11) is 0. The van der Waals surface area contributed by atoms with Crippen molar-refractivity contribution in [3.63, 3.8) is 0 Å². The van der Waals surface area contributed by atoms with Crippen molar-refractivity contribution in [3.8, 4) is 0 Å². The summed E-state index contributed by atoms with van der Waals surface area (Å²) in [4.78, 5) is 9.30. The molecular weight excluding hydrogens is 188 g/mol. The van der Waals surface area contributed by atoms with Crippen molar-refractivity contribution in [3.05, 3.63) is 34.9 Å². The molecule has 14 heavy (non-hydrogen) atoms. The molecule has 74 valence electrons. The number of anilines is 1. The summed E-state index contributed by atoms with van der Waals surface area (Å²) < 4.78 is 0. The third kappa shape index (κ3) is 2.93. The number of nitrogen functional groups attached to an aromatic ring is 1. The molecular formula is C6H8N6O2. The summed E-state index contributed by atoms with van der Waals surface area (Å²) >= 11 is 0. The lowest BCUT2D eigenvalue weighted by Crippen LogP contribution is -1.82. The van der Waals surface area contributed by atoms with Crippen LogP contribution >= 0.6 is 0 Å². The van der Waals surface area contributed by atoms with Crippen LogP contribution in [0.1, 0.15) is 0 Å². The first kappa shape index (κ1) is 9.71. The molecule has 2 rings (SSSR count). The molecule has 8 nitrogen and oxygen atoms in total. The Morgan fingerprint density at radius 3 is 2.14 bits per heavy atom. The molecule has 0 aromatic carbocycles. The zero-order valence-electron chi connectivity index (χ0n) is 7.04. The van der Waals surface area contributed by atoms with Crippen LogP contribution in [0.5, 0.6) is 0 Å². The average molecular weight is 196 g/mol. The fourth-order valence-electron chi connectivity index (χ4n) is 0.605. The highest BCUT2D eigenvalue weighted by atomic mass is 16.6. The van der Waals surface area contributed by atoms with Gasteiger partial charge in [0.15, 0.2) is 0 Å². The smallest absolute Gasteiger partial charge is 0.306 e. The summed E-state index contributed by atoms with van der Waals surface area (Å²) in [5.41, 5.74) is 5.85. The number of nitro groups is 1. The molecule has 0 spiro atoms. The minimum absolute atomic E-state index is 0.00926. The largest absolute Gasteiger partial charge is 0.396 e. The summed E-state index contributed by atoms with van der Waals surface area (Å²) in [6.07, 6.45) is 5.56. The third-order valence-corrected chi connectivity index (χ3v) is 1.21. The van der Waals surface area contributed by atoms with Gasteiger partial charge in [0, 0.05) is 6.20 Å². The molecule has 2 aromatic rings. The first-order valence-electron chi connectivity index (χ1n) is 3.57. The maximum atomic E-state index is 9.81. The fourth-order valence-corrected chi connectivity index (χ4v) is 0.605. The predicted molar refractivity (Wildman–Crippen MR) is 48.2 cm³/mol. The molecule has 0 saturated carbocycles. The Morgan fingerprint density at radius 2 is 1.93 bits per heavy atom. The van der Waals surface area contributed by atoms with Crippen molar-refractivity contribution in [2.24, 2.45) is 0 Å². The van der Waals surface area contributed by atoms with Crippen LogP contribution < -0.4 is 5.73 Å². The number of aromatic nitrogens is 4. The first-order valence-corrected chi connectivity index (χ1v) is 3.57. The van der Waals surface area contributed by atoms with E-state index in [1.54, 1.807) is 12.4 Å². The molecule has 0 fully saturated rings. The fraction of sp³-hybridized carbons (Fsp3) is 0. The highest BCUT2D eigenvalue weighted by molar-refractivity contribution is 5.29. The minimum atomic E-state index is -0.510. The topological polar surface area (TPSA) is 127 Å². The van der Waals surface area contributed by atoms with E-state index in [1.807, 2.05) is 0 Å². The number of nitrogens with two attached hydrogens (primary N) is 1. The molecule has 0 aliphatic rings. The first-order chi connectivity index (χ1) is 6.70. The molecule has 0 bridgehead atoms. The summed E-state index contributed by atoms with van der Waals surface area (Å²) in [5, 5.41) is 21.6. The van der Waals surface area contributed by atoms with Crippen LogP contribution in [0.25, 0.3) is 0 Å². The lowest BCUT2D eigenvalue weighted by Gasteiger charge is -1.75. The molecule has 8 heteroatoms. The molecule has 0 amide bonds. The SMILES string of the molecule is Nc1cn[nH]c1.O=[N+]([O-])c1cn[nH]c1. The zero-order valence-corrected chi connectivity index (χ0v) is 7.04. The van der Waals surface area contributed by atoms with Crippen molar-refractivity contribution in [1.29, 1.82) is 0 Å². The van der Waals surface area contributed by atoms with E-state index in [1.165, 1.54) is 6.20 Å². The van der Waals surface area contributed by atoms with E-state index in [-0.39, 0.29) is 5.69 Å². The molecule has 0 atom stereocenters. The summed E-state index contributed by atoms with van der Waals surface area (Å²) in [6, 6.07) is 0. The Labute approximate surface area is 78.3 Å². The average Bonchev–Trinajstić information content (AvgIpc) is 2.75. The zero-order chi connectivity index (χ0) is 10.4. The number of hydrogen-bond acceptors (Lipinski definition) is 5. The number of nitrogens with zero attached hydrogens (tertiary/aromatic N) is 3. The number of nitrogens with one attached hydrogen (secondary N) is 2. The monoisotopic (exact) mass is 196 g/mol. The maximum Gasteiger partial charge on any atom is 0.306 e. The van der Waals surface area contributed by atoms with E-state index in [0.29, 0.717) is 5.69 Å². The minimum Gasteiger partial charge on any atom is -0.396 e. The van der Waals surface area contributed by atoms with E-state index < -0.39 is 4.92 Å². The third-order valence-electron chi connectivity index (χ3n) is 1.21. The van der Waals surface area contributed by atoms with Crippen LogP contribution in [0, 0.1) is 10.1 Å². The summed E-state index contributed by atoms with van der Waals surface area (Å²) in [6.45, 7) is 0. The molecule has 2 heterocycles. The second-order valence-electron chi connectivity index (χ2n) is 2.25. The number of aromatic amines is 2. The quantitative estimate of drug-likeness (QED) is 0.446. The van der Waals surface area contributed by atoms with Gasteiger partial charge in [-0.3, -0.25) is 20.3 Å². The number of hydrogen-bond donors (Lipinski definition) is 3. The van der Waals surface area contributed by atoms with Gasteiger partial charge in [-0.25, -0.2) is 0 Å². The highest BCUT2D eigenvalue weighted by Gasteiger charge is 2.02. The predicted octanol–water partition coefficient (Wildman–Crippen LogP) is 0.310. The Hall–Kier alpha value is -2.38. The summed E-state index contributed by atoms with van der Waals surface area (Å²) in [5.74, 6) is 0. The van der Waals surface area contributed by atoms with E-state index >= 15 is 0 Å². The lowest BCUT2D eigenvalue weighted by molar-refractivity contribution is -0.384. The van der Waals surface area contributed by atoms with Gasteiger partial charge < -0.3 is 5.73 Å². The van der Waals surface area contributed by atoms with E-state index in [4.69, 9.17) is 5.73 Å². The molecule has 0 aliphatic carbocycles. The van der Waals surface area contributed by atoms with E-state index in [9.17, 15) is 10.1 Å². The van der Waals surface area contributed by atoms with Crippen LogP contribution in [0.4, 0.5) is 11.4 Å². The second-order valence-corrected chi connectivity index (χ2v) is 2.25. The van der Waals surface area contributed by atoms with Crippen molar-refractivity contribution in [2.45, 2.75) is 0 Å². The normalized spacial score (nSPS) is 8.86. The van der Waals surface area contributed by atoms with Crippen LogP contribution in [-0.2, 0) is 0 Å². The van der Waals surface area contributed by atoms with Gasteiger partial charge in [-0.2, -0.15) is 10.2 Å². The maximum absolute atomic E-state index is 9.81. The molecule has 4 N–H and O–H groups in total. The van der Waals surface area contributed by atoms with Crippen LogP contribution in [0.3, 0.4) is 0 Å². The van der Waals surface area contributed by atoms with Gasteiger partial charge in [-0.15, -0.1) is 0 Å². The Morgan fingerprint density at radius 1 is 1.29 bits per heavy atom.